The first kappa shape index (κ1) is 22.7. The molecule has 0 aromatic heterocycles. The van der Waals surface area contributed by atoms with Crippen molar-refractivity contribution in [3.8, 4) is 0 Å². The molecule has 8 heteroatoms. The Hall–Kier alpha value is -1.93. The van der Waals surface area contributed by atoms with E-state index in [-0.39, 0.29) is 28.3 Å². The molecule has 0 radical (unpaired) electrons. The van der Waals surface area contributed by atoms with Gasteiger partial charge in [-0.3, -0.25) is 4.79 Å². The molecule has 0 saturated carbocycles. The predicted octanol–water partition coefficient (Wildman–Crippen LogP) is 3.09. The summed E-state index contributed by atoms with van der Waals surface area (Å²) in [6.07, 6.45) is 2.47. The second kappa shape index (κ2) is 9.92. The highest BCUT2D eigenvalue weighted by Gasteiger charge is 2.26. The van der Waals surface area contributed by atoms with Crippen LogP contribution in [0.1, 0.15) is 30.0 Å². The van der Waals surface area contributed by atoms with E-state index in [0.29, 0.717) is 5.56 Å². The third-order valence-corrected chi connectivity index (χ3v) is 7.48. The summed E-state index contributed by atoms with van der Waals surface area (Å²) in [7, 11) is -0.546. The van der Waals surface area contributed by atoms with Crippen molar-refractivity contribution in [1.29, 1.82) is 0 Å². The van der Waals surface area contributed by atoms with Crippen LogP contribution >= 0.6 is 11.6 Å². The van der Waals surface area contributed by atoms with E-state index in [1.165, 1.54) is 32.0 Å². The Kier molecular flexibility index (Phi) is 7.52. The number of carbonyl (C=O) groups excluding carboxylic acids is 1. The Morgan fingerprint density at radius 3 is 2.47 bits per heavy atom. The second-order valence-electron chi connectivity index (χ2n) is 7.59. The number of amides is 1. The minimum absolute atomic E-state index is 0.0173. The Labute approximate surface area is 183 Å². The molecule has 3 rings (SSSR count). The minimum atomic E-state index is -3.70. The van der Waals surface area contributed by atoms with Gasteiger partial charge in [-0.25, -0.2) is 13.1 Å². The number of benzene rings is 2. The van der Waals surface area contributed by atoms with Crippen molar-refractivity contribution < 1.29 is 13.2 Å². The molecule has 1 N–H and O–H groups in total. The van der Waals surface area contributed by atoms with Crippen molar-refractivity contribution >= 4 is 27.5 Å². The number of hydrogen-bond donors (Lipinski definition) is 1. The van der Waals surface area contributed by atoms with Crippen molar-refractivity contribution in [2.45, 2.75) is 30.2 Å². The van der Waals surface area contributed by atoms with E-state index in [1.54, 1.807) is 11.0 Å². The molecule has 1 amide bonds. The van der Waals surface area contributed by atoms with Crippen LogP contribution in [0.2, 0.25) is 5.02 Å². The molecule has 162 valence electrons. The van der Waals surface area contributed by atoms with Crippen molar-refractivity contribution in [1.82, 2.24) is 14.5 Å². The fourth-order valence-electron chi connectivity index (χ4n) is 3.78. The van der Waals surface area contributed by atoms with Crippen molar-refractivity contribution in [3.05, 3.63) is 64.7 Å². The second-order valence-corrected chi connectivity index (χ2v) is 9.85. The maximum Gasteiger partial charge on any atom is 0.241 e. The quantitative estimate of drug-likeness (QED) is 0.672. The maximum absolute atomic E-state index is 13.1. The molecule has 30 heavy (non-hydrogen) atoms. The summed E-state index contributed by atoms with van der Waals surface area (Å²) in [6.45, 7) is 2.88. The summed E-state index contributed by atoms with van der Waals surface area (Å²) in [5.74, 6) is -0.0711. The van der Waals surface area contributed by atoms with E-state index < -0.39 is 10.0 Å². The number of likely N-dealkylation sites (N-methyl/N-ethyl adjacent to an activating group) is 1. The lowest BCUT2D eigenvalue weighted by Gasteiger charge is -2.32. The van der Waals surface area contributed by atoms with E-state index in [0.717, 1.165) is 25.2 Å². The van der Waals surface area contributed by atoms with Crippen LogP contribution in [0.25, 0.3) is 0 Å². The third kappa shape index (κ3) is 5.40. The molecule has 0 aliphatic carbocycles. The van der Waals surface area contributed by atoms with Crippen LogP contribution < -0.4 is 4.72 Å². The van der Waals surface area contributed by atoms with E-state index >= 15 is 0 Å². The Bertz CT molecular complexity index is 976. The molecule has 1 unspecified atom stereocenters. The van der Waals surface area contributed by atoms with Crippen molar-refractivity contribution in [3.63, 3.8) is 0 Å². The number of hydrogen-bond acceptors (Lipinski definition) is 4. The smallest absolute Gasteiger partial charge is 0.241 e. The van der Waals surface area contributed by atoms with Gasteiger partial charge in [0.15, 0.2) is 0 Å². The molecule has 2 aromatic rings. The Morgan fingerprint density at radius 1 is 1.17 bits per heavy atom. The van der Waals surface area contributed by atoms with E-state index in [4.69, 9.17) is 11.6 Å². The molecular formula is C22H28ClN3O3S. The average molecular weight is 450 g/mol. The summed E-state index contributed by atoms with van der Waals surface area (Å²) >= 11 is 6.06. The first-order valence-corrected chi connectivity index (χ1v) is 11.9. The van der Waals surface area contributed by atoms with E-state index in [1.807, 2.05) is 37.4 Å². The molecule has 1 atom stereocenters. The number of nitrogens with zero attached hydrogens (tertiary/aromatic N) is 2. The van der Waals surface area contributed by atoms with Crippen LogP contribution in [-0.2, 0) is 21.2 Å². The van der Waals surface area contributed by atoms with Crippen LogP contribution in [0.4, 0.5) is 0 Å². The van der Waals surface area contributed by atoms with Crippen LogP contribution in [0.5, 0.6) is 0 Å². The highest BCUT2D eigenvalue weighted by atomic mass is 35.5. The van der Waals surface area contributed by atoms with Gasteiger partial charge < -0.3 is 9.80 Å². The Balaban J connectivity index is 1.81. The molecule has 0 bridgehead atoms. The SMILES string of the molecule is CNS(=O)(=O)c1cc(CC(=O)N(C)C(CN2CCCC2)c2ccccc2)ccc1Cl. The molecule has 6 nitrogen and oxygen atoms in total. The van der Waals surface area contributed by atoms with Gasteiger partial charge in [-0.2, -0.15) is 0 Å². The molecule has 2 aromatic carbocycles. The largest absolute Gasteiger partial charge is 0.337 e. The van der Waals surface area contributed by atoms with Crippen molar-refractivity contribution in [2.75, 3.05) is 33.7 Å². The van der Waals surface area contributed by atoms with Gasteiger partial charge >= 0.3 is 0 Å². The predicted molar refractivity (Wildman–Crippen MR) is 119 cm³/mol. The molecule has 1 heterocycles. The lowest BCUT2D eigenvalue weighted by atomic mass is 10.0. The van der Waals surface area contributed by atoms with Gasteiger partial charge in [0.1, 0.15) is 4.90 Å². The zero-order valence-corrected chi connectivity index (χ0v) is 18.9. The molecule has 1 fully saturated rings. The molecule has 0 spiro atoms. The third-order valence-electron chi connectivity index (χ3n) is 5.58. The number of sulfonamides is 1. The monoisotopic (exact) mass is 449 g/mol. The van der Waals surface area contributed by atoms with Gasteiger partial charge in [-0.1, -0.05) is 48.0 Å². The van der Waals surface area contributed by atoms with Gasteiger partial charge in [0, 0.05) is 13.6 Å². The fraction of sp³-hybridized carbons (Fsp3) is 0.409. The maximum atomic E-state index is 13.1. The van der Waals surface area contributed by atoms with Gasteiger partial charge in [-0.05, 0) is 56.2 Å². The van der Waals surface area contributed by atoms with Crippen LogP contribution in [0.3, 0.4) is 0 Å². The number of likely N-dealkylation sites (tertiary alicyclic amines) is 1. The lowest BCUT2D eigenvalue weighted by molar-refractivity contribution is -0.131. The summed E-state index contributed by atoms with van der Waals surface area (Å²) < 4.78 is 26.6. The molecule has 1 saturated heterocycles. The number of rotatable bonds is 8. The van der Waals surface area contributed by atoms with Gasteiger partial charge in [0.25, 0.3) is 0 Å². The fourth-order valence-corrected chi connectivity index (χ4v) is 5.06. The Morgan fingerprint density at radius 2 is 1.83 bits per heavy atom. The van der Waals surface area contributed by atoms with Crippen LogP contribution in [0, 0.1) is 0 Å². The first-order valence-electron chi connectivity index (χ1n) is 10.1. The normalized spacial score (nSPS) is 15.8. The first-order chi connectivity index (χ1) is 14.3. The summed E-state index contributed by atoms with van der Waals surface area (Å²) in [5.41, 5.74) is 1.70. The summed E-state index contributed by atoms with van der Waals surface area (Å²) in [5, 5.41) is 0.130. The lowest BCUT2D eigenvalue weighted by Crippen LogP contribution is -2.39. The minimum Gasteiger partial charge on any atom is -0.337 e. The summed E-state index contributed by atoms with van der Waals surface area (Å²) in [6, 6.07) is 14.7. The molecule has 1 aliphatic heterocycles. The highest BCUT2D eigenvalue weighted by molar-refractivity contribution is 7.89. The van der Waals surface area contributed by atoms with E-state index in [9.17, 15) is 13.2 Å². The number of nitrogens with one attached hydrogen (secondary N) is 1. The van der Waals surface area contributed by atoms with Crippen LogP contribution in [-0.4, -0.2) is 57.9 Å². The zero-order valence-electron chi connectivity index (χ0n) is 17.3. The topological polar surface area (TPSA) is 69.7 Å². The highest BCUT2D eigenvalue weighted by Crippen LogP contribution is 2.26. The molecular weight excluding hydrogens is 422 g/mol. The van der Waals surface area contributed by atoms with Gasteiger partial charge in [0.05, 0.1) is 17.5 Å². The van der Waals surface area contributed by atoms with E-state index in [2.05, 4.69) is 9.62 Å². The van der Waals surface area contributed by atoms with Crippen molar-refractivity contribution in [2.24, 2.45) is 0 Å². The standard InChI is InChI=1S/C22H28ClN3O3S/c1-24-30(28,29)21-14-17(10-11-19(21)23)15-22(27)25(2)20(16-26-12-6-7-13-26)18-8-4-3-5-9-18/h3-5,8-11,14,20,24H,6-7,12-13,15-16H2,1-2H3. The number of carbonyl (C=O) groups is 1. The van der Waals surface area contributed by atoms with Gasteiger partial charge in [-0.15, -0.1) is 0 Å². The number of halogens is 1. The average Bonchev–Trinajstić information content (AvgIpc) is 3.26. The molecule has 1 aliphatic rings. The van der Waals surface area contributed by atoms with Gasteiger partial charge in [0.2, 0.25) is 15.9 Å². The van der Waals surface area contributed by atoms with Crippen LogP contribution in [0.15, 0.2) is 53.4 Å². The summed E-state index contributed by atoms with van der Waals surface area (Å²) in [4.78, 5) is 17.3. The zero-order chi connectivity index (χ0) is 21.7.